The minimum absolute atomic E-state index is 0.232. The molecule has 1 aliphatic heterocycles. The van der Waals surface area contributed by atoms with Crippen LogP contribution in [0.15, 0.2) is 30.4 Å². The molecule has 2 aliphatic rings. The molecule has 0 atom stereocenters. The first kappa shape index (κ1) is 8.35. The van der Waals surface area contributed by atoms with Crippen molar-refractivity contribution < 1.29 is 14.3 Å². The van der Waals surface area contributed by atoms with Gasteiger partial charge in [-0.05, 0) is 17.7 Å². The van der Waals surface area contributed by atoms with E-state index in [-0.39, 0.29) is 12.7 Å². The predicted octanol–water partition coefficient (Wildman–Crippen LogP) is 0.708. The summed E-state index contributed by atoms with van der Waals surface area (Å²) < 4.78 is 10.4. The second-order valence-electron chi connectivity index (χ2n) is 3.63. The van der Waals surface area contributed by atoms with E-state index in [1.54, 1.807) is 24.3 Å². The van der Waals surface area contributed by atoms with E-state index in [1.165, 1.54) is 0 Å². The Labute approximate surface area is 86.3 Å². The Bertz CT molecular complexity index is 473. The van der Waals surface area contributed by atoms with E-state index in [4.69, 9.17) is 15.2 Å². The van der Waals surface area contributed by atoms with Gasteiger partial charge in [0.25, 0.3) is 0 Å². The highest BCUT2D eigenvalue weighted by atomic mass is 16.7. The highest BCUT2D eigenvalue weighted by molar-refractivity contribution is 5.96. The van der Waals surface area contributed by atoms with Gasteiger partial charge in [0.2, 0.25) is 12.7 Å². The first-order valence-electron chi connectivity index (χ1n) is 4.63. The van der Waals surface area contributed by atoms with Crippen LogP contribution in [0.2, 0.25) is 0 Å². The Balaban J connectivity index is 2.04. The average Bonchev–Trinajstić information content (AvgIpc) is 2.91. The molecule has 0 aromatic heterocycles. The lowest BCUT2D eigenvalue weighted by molar-refractivity contribution is -0.119. The van der Waals surface area contributed by atoms with Crippen LogP contribution in [0.3, 0.4) is 0 Å². The van der Waals surface area contributed by atoms with E-state index in [9.17, 15) is 4.79 Å². The minimum atomic E-state index is -0.693. The third kappa shape index (κ3) is 1.05. The molecule has 0 bridgehead atoms. The lowest BCUT2D eigenvalue weighted by atomic mass is 9.92. The molecule has 0 saturated carbocycles. The second-order valence-corrected chi connectivity index (χ2v) is 3.63. The standard InChI is InChI=1S/C11H9NO3/c12-10(13)11(3-4-11)7-1-2-8-9(5-7)15-6-14-8/h1-5H,6H2,(H2,12,13). The number of carbonyl (C=O) groups is 1. The predicted molar refractivity (Wildman–Crippen MR) is 52.6 cm³/mol. The number of carbonyl (C=O) groups excluding carboxylic acids is 1. The van der Waals surface area contributed by atoms with Crippen molar-refractivity contribution in [2.45, 2.75) is 5.41 Å². The third-order valence-electron chi connectivity index (χ3n) is 2.76. The zero-order valence-corrected chi connectivity index (χ0v) is 7.90. The molecule has 0 spiro atoms. The Morgan fingerprint density at radius 2 is 2.00 bits per heavy atom. The number of benzene rings is 1. The van der Waals surface area contributed by atoms with Gasteiger partial charge in [0.1, 0.15) is 5.41 Å². The van der Waals surface area contributed by atoms with Crippen molar-refractivity contribution in [3.63, 3.8) is 0 Å². The van der Waals surface area contributed by atoms with Crippen molar-refractivity contribution in [2.24, 2.45) is 5.73 Å². The van der Waals surface area contributed by atoms with Crippen LogP contribution in [-0.4, -0.2) is 12.7 Å². The molecule has 1 aliphatic carbocycles. The lowest BCUT2D eigenvalue weighted by Gasteiger charge is -2.12. The largest absolute Gasteiger partial charge is 0.454 e. The molecule has 0 radical (unpaired) electrons. The molecule has 1 heterocycles. The van der Waals surface area contributed by atoms with Crippen LogP contribution in [0.25, 0.3) is 0 Å². The van der Waals surface area contributed by atoms with E-state index in [1.807, 2.05) is 6.07 Å². The maximum absolute atomic E-state index is 11.3. The molecule has 1 aromatic carbocycles. The number of hydrogen-bond donors (Lipinski definition) is 1. The van der Waals surface area contributed by atoms with E-state index in [0.717, 1.165) is 5.56 Å². The molecule has 0 fully saturated rings. The summed E-state index contributed by atoms with van der Waals surface area (Å²) in [6.07, 6.45) is 3.57. The summed E-state index contributed by atoms with van der Waals surface area (Å²) >= 11 is 0. The molecule has 0 saturated heterocycles. The van der Waals surface area contributed by atoms with Crippen LogP contribution in [0.4, 0.5) is 0 Å². The lowest BCUT2D eigenvalue weighted by Crippen LogP contribution is -2.29. The second kappa shape index (κ2) is 2.53. The van der Waals surface area contributed by atoms with Gasteiger partial charge in [-0.15, -0.1) is 0 Å². The topological polar surface area (TPSA) is 61.6 Å². The van der Waals surface area contributed by atoms with E-state index in [2.05, 4.69) is 0 Å². The summed E-state index contributed by atoms with van der Waals surface area (Å²) in [5, 5.41) is 0. The summed E-state index contributed by atoms with van der Waals surface area (Å²) in [6.45, 7) is 0.232. The molecular weight excluding hydrogens is 194 g/mol. The van der Waals surface area contributed by atoms with E-state index < -0.39 is 5.41 Å². The van der Waals surface area contributed by atoms with E-state index in [0.29, 0.717) is 11.5 Å². The molecule has 0 unspecified atom stereocenters. The summed E-state index contributed by atoms with van der Waals surface area (Å²) in [5.41, 5.74) is 5.48. The number of primary amides is 1. The third-order valence-corrected chi connectivity index (χ3v) is 2.76. The zero-order chi connectivity index (χ0) is 10.5. The smallest absolute Gasteiger partial charge is 0.235 e. The molecule has 2 N–H and O–H groups in total. The van der Waals surface area contributed by atoms with Crippen LogP contribution >= 0.6 is 0 Å². The first-order chi connectivity index (χ1) is 7.22. The van der Waals surface area contributed by atoms with Crippen molar-refractivity contribution in [1.29, 1.82) is 0 Å². The highest BCUT2D eigenvalue weighted by Gasteiger charge is 2.42. The highest BCUT2D eigenvalue weighted by Crippen LogP contribution is 2.42. The van der Waals surface area contributed by atoms with Gasteiger partial charge in [-0.25, -0.2) is 0 Å². The molecule has 4 heteroatoms. The molecule has 76 valence electrons. The summed E-state index contributed by atoms with van der Waals surface area (Å²) in [4.78, 5) is 11.3. The SMILES string of the molecule is NC(=O)C1(c2ccc3c(c2)OCO3)C=C1. The van der Waals surface area contributed by atoms with Gasteiger partial charge < -0.3 is 15.2 Å². The van der Waals surface area contributed by atoms with Crippen molar-refractivity contribution in [2.75, 3.05) is 6.79 Å². The first-order valence-corrected chi connectivity index (χ1v) is 4.63. The number of amides is 1. The Morgan fingerprint density at radius 1 is 1.27 bits per heavy atom. The molecule has 1 amide bonds. The molecular formula is C11H9NO3. The van der Waals surface area contributed by atoms with Crippen LogP contribution < -0.4 is 15.2 Å². The van der Waals surface area contributed by atoms with Gasteiger partial charge >= 0.3 is 0 Å². The number of nitrogens with two attached hydrogens (primary N) is 1. The van der Waals surface area contributed by atoms with Gasteiger partial charge in [-0.2, -0.15) is 0 Å². The fourth-order valence-corrected chi connectivity index (χ4v) is 1.74. The van der Waals surface area contributed by atoms with Crippen molar-refractivity contribution >= 4 is 5.91 Å². The number of hydrogen-bond acceptors (Lipinski definition) is 3. The van der Waals surface area contributed by atoms with Crippen molar-refractivity contribution in [3.05, 3.63) is 35.9 Å². The van der Waals surface area contributed by atoms with Gasteiger partial charge in [-0.3, -0.25) is 4.79 Å². The van der Waals surface area contributed by atoms with E-state index >= 15 is 0 Å². The van der Waals surface area contributed by atoms with Crippen molar-refractivity contribution in [1.82, 2.24) is 0 Å². The molecule has 1 aromatic rings. The summed E-state index contributed by atoms with van der Waals surface area (Å²) in [7, 11) is 0. The monoisotopic (exact) mass is 203 g/mol. The number of rotatable bonds is 2. The number of fused-ring (bicyclic) bond motifs is 1. The van der Waals surface area contributed by atoms with Crippen LogP contribution in [0.1, 0.15) is 5.56 Å². The van der Waals surface area contributed by atoms with Crippen LogP contribution in [-0.2, 0) is 10.2 Å². The van der Waals surface area contributed by atoms with Crippen LogP contribution in [0.5, 0.6) is 11.5 Å². The summed E-state index contributed by atoms with van der Waals surface area (Å²) in [5.74, 6) is 1.02. The van der Waals surface area contributed by atoms with Gasteiger partial charge in [0.15, 0.2) is 11.5 Å². The van der Waals surface area contributed by atoms with Gasteiger partial charge in [0, 0.05) is 0 Å². The molecule has 15 heavy (non-hydrogen) atoms. The Morgan fingerprint density at radius 3 is 2.67 bits per heavy atom. The normalized spacial score (nSPS) is 18.9. The fraction of sp³-hybridized carbons (Fsp3) is 0.182. The minimum Gasteiger partial charge on any atom is -0.454 e. The Hall–Kier alpha value is -1.97. The summed E-state index contributed by atoms with van der Waals surface area (Å²) in [6, 6.07) is 5.42. The van der Waals surface area contributed by atoms with Crippen molar-refractivity contribution in [3.8, 4) is 11.5 Å². The number of ether oxygens (including phenoxy) is 2. The van der Waals surface area contributed by atoms with Gasteiger partial charge in [0.05, 0.1) is 0 Å². The maximum Gasteiger partial charge on any atom is 0.235 e. The van der Waals surface area contributed by atoms with Gasteiger partial charge in [-0.1, -0.05) is 18.2 Å². The quantitative estimate of drug-likeness (QED) is 0.720. The average molecular weight is 203 g/mol. The molecule has 3 rings (SSSR count). The molecule has 4 nitrogen and oxygen atoms in total. The van der Waals surface area contributed by atoms with Crippen LogP contribution in [0, 0.1) is 0 Å². The zero-order valence-electron chi connectivity index (χ0n) is 7.90. The maximum atomic E-state index is 11.3. The fourth-order valence-electron chi connectivity index (χ4n) is 1.74. The Kier molecular flexibility index (Phi) is 1.41.